The summed E-state index contributed by atoms with van der Waals surface area (Å²) in [6.45, 7) is 12.8. The van der Waals surface area contributed by atoms with Gasteiger partial charge < -0.3 is 54.5 Å². The lowest BCUT2D eigenvalue weighted by Gasteiger charge is -2.36. The normalized spacial score (nSPS) is 18.6. The number of urea groups is 1. The molecule has 0 radical (unpaired) electrons. The first-order valence-electron chi connectivity index (χ1n) is 24.6. The lowest BCUT2D eigenvalue weighted by Crippen LogP contribution is -2.50. The van der Waals surface area contributed by atoms with Gasteiger partial charge >= 0.3 is 6.03 Å². The fourth-order valence-corrected chi connectivity index (χ4v) is 12.3. The van der Waals surface area contributed by atoms with E-state index in [4.69, 9.17) is 18.9 Å². The first-order valence-corrected chi connectivity index (χ1v) is 27.3. The van der Waals surface area contributed by atoms with Crippen LogP contribution in [-0.2, 0) is 28.6 Å². The number of aryl methyl sites for hydroxylation is 1. The van der Waals surface area contributed by atoms with Crippen molar-refractivity contribution in [1.82, 2.24) is 35.6 Å². The van der Waals surface area contributed by atoms with E-state index in [-0.39, 0.29) is 47.7 Å². The second kappa shape index (κ2) is 27.6. The van der Waals surface area contributed by atoms with Crippen LogP contribution in [0.1, 0.15) is 64.8 Å². The number of fused-ring (bicyclic) bond motifs is 1. The number of hydrogen-bond acceptors (Lipinski definition) is 15. The number of hydrogen-bond donors (Lipinski definition) is 4. The number of thioether (sulfide) groups is 1. The summed E-state index contributed by atoms with van der Waals surface area (Å²) in [5.74, 6) is 0.944. The van der Waals surface area contributed by atoms with Gasteiger partial charge in [0.2, 0.25) is 17.7 Å². The Morgan fingerprint density at radius 1 is 0.847 bits per heavy atom. The molecule has 19 nitrogen and oxygen atoms in total. The fourth-order valence-electron chi connectivity index (χ4n) is 8.84. The molecule has 4 aliphatic heterocycles. The molecule has 5 heterocycles. The Balaban J connectivity index is 0.704. The number of piperazine rings is 2. The highest BCUT2D eigenvalue weighted by Crippen LogP contribution is 2.39. The summed E-state index contributed by atoms with van der Waals surface area (Å²) in [5.41, 5.74) is 2.83. The first kappa shape index (κ1) is 54.4. The zero-order valence-corrected chi connectivity index (χ0v) is 43.6. The third-order valence-electron chi connectivity index (χ3n) is 12.9. The third-order valence-corrected chi connectivity index (χ3v) is 16.6. The Hall–Kier alpha value is -5.39. The maximum absolute atomic E-state index is 13.6. The largest absolute Gasteiger partial charge is 0.496 e. The number of carbonyl (C=O) groups excluding carboxylic acids is 6. The van der Waals surface area contributed by atoms with Crippen molar-refractivity contribution in [3.05, 3.63) is 71.9 Å². The van der Waals surface area contributed by atoms with Crippen molar-refractivity contribution in [3.63, 3.8) is 0 Å². The summed E-state index contributed by atoms with van der Waals surface area (Å²) in [4.78, 5) is 88.3. The van der Waals surface area contributed by atoms with Crippen LogP contribution in [0.4, 0.5) is 15.6 Å². The topological polar surface area (TPSA) is 213 Å². The second-order valence-electron chi connectivity index (χ2n) is 17.8. The monoisotopic (exact) mass is 1050 g/mol. The molecule has 0 saturated carbocycles. The quantitative estimate of drug-likeness (QED) is 0.0490. The van der Waals surface area contributed by atoms with Gasteiger partial charge in [-0.1, -0.05) is 36.1 Å². The average molecular weight is 1050 g/mol. The van der Waals surface area contributed by atoms with E-state index in [1.807, 2.05) is 47.9 Å². The van der Waals surface area contributed by atoms with Gasteiger partial charge in [0.25, 0.3) is 11.8 Å². The second-order valence-corrected chi connectivity index (χ2v) is 21.4. The van der Waals surface area contributed by atoms with Gasteiger partial charge in [-0.05, 0) is 74.2 Å². The van der Waals surface area contributed by atoms with Crippen LogP contribution < -0.4 is 30.9 Å². The molecule has 0 aliphatic carbocycles. The molecule has 390 valence electrons. The number of rotatable bonds is 26. The molecule has 4 fully saturated rings. The van der Waals surface area contributed by atoms with E-state index in [2.05, 4.69) is 37.7 Å². The van der Waals surface area contributed by atoms with Crippen molar-refractivity contribution in [2.45, 2.75) is 71.9 Å². The first-order chi connectivity index (χ1) is 35.0. The smallest absolute Gasteiger partial charge is 0.315 e. The summed E-state index contributed by atoms with van der Waals surface area (Å²) in [7, 11) is 1.54. The average Bonchev–Trinajstić information content (AvgIpc) is 4.12. The molecule has 0 spiro atoms. The van der Waals surface area contributed by atoms with Crippen molar-refractivity contribution >= 4 is 81.2 Å². The summed E-state index contributed by atoms with van der Waals surface area (Å²) >= 11 is 4.69. The standard InChI is InChI=1S/C50H67N9O10S3/c1-4-43(61)57-20-22-59(23-21-57)48(64)37-31-41(34(2)30-39(37)66-3)71-45-32-52-50(72-45)55-47(63)35-10-12-36(13-11-35)56-16-18-58(19-17-56)44(62)14-25-68-27-29-69-28-26-67-24-7-15-51-42(60)9-6-5-8-40-46-38(33-70-40)53-49(65)54-46/h4,10-13,30-32,38,40,46H,1,5-9,14-29,33H2,2-3H3,(H,51,60)(H,52,55,63)(H2,53,54,65). The lowest BCUT2D eigenvalue weighted by molar-refractivity contribution is -0.132. The van der Waals surface area contributed by atoms with Crippen molar-refractivity contribution in [2.75, 3.05) is 122 Å². The van der Waals surface area contributed by atoms with Gasteiger partial charge in [-0.15, -0.1) is 0 Å². The Bertz CT molecular complexity index is 2340. The molecule has 22 heteroatoms. The van der Waals surface area contributed by atoms with Gasteiger partial charge in [0.1, 0.15) is 5.75 Å². The summed E-state index contributed by atoms with van der Waals surface area (Å²) in [6.07, 6.45) is 7.32. The van der Waals surface area contributed by atoms with E-state index in [0.29, 0.717) is 139 Å². The van der Waals surface area contributed by atoms with E-state index < -0.39 is 0 Å². The lowest BCUT2D eigenvalue weighted by atomic mass is 10.0. The van der Waals surface area contributed by atoms with Crippen LogP contribution in [0.5, 0.6) is 5.75 Å². The Morgan fingerprint density at radius 3 is 2.26 bits per heavy atom. The maximum Gasteiger partial charge on any atom is 0.315 e. The van der Waals surface area contributed by atoms with Crippen molar-refractivity contribution < 1.29 is 47.7 Å². The number of anilines is 2. The number of ether oxygens (including phenoxy) is 4. The van der Waals surface area contributed by atoms with Gasteiger partial charge in [0.05, 0.1) is 74.6 Å². The predicted molar refractivity (Wildman–Crippen MR) is 278 cm³/mol. The fraction of sp³-hybridized carbons (Fsp3) is 0.540. The van der Waals surface area contributed by atoms with Gasteiger partial charge in [0.15, 0.2) is 5.13 Å². The molecular weight excluding hydrogens is 983 g/mol. The summed E-state index contributed by atoms with van der Waals surface area (Å²) in [6, 6.07) is 11.4. The highest BCUT2D eigenvalue weighted by Gasteiger charge is 2.42. The van der Waals surface area contributed by atoms with Crippen LogP contribution in [0.2, 0.25) is 0 Å². The van der Waals surface area contributed by atoms with Gasteiger partial charge in [-0.2, -0.15) is 11.8 Å². The number of nitrogens with one attached hydrogen (secondary N) is 4. The number of amides is 7. The van der Waals surface area contributed by atoms with E-state index in [9.17, 15) is 28.8 Å². The molecule has 4 N–H and O–H groups in total. The zero-order valence-electron chi connectivity index (χ0n) is 41.2. The Morgan fingerprint density at radius 2 is 1.54 bits per heavy atom. The van der Waals surface area contributed by atoms with Gasteiger partial charge in [-0.25, -0.2) is 9.78 Å². The molecule has 4 saturated heterocycles. The van der Waals surface area contributed by atoms with Crippen molar-refractivity contribution in [3.8, 4) is 5.75 Å². The van der Waals surface area contributed by atoms with Crippen LogP contribution in [0.15, 0.2) is 64.4 Å². The van der Waals surface area contributed by atoms with Crippen molar-refractivity contribution in [1.29, 1.82) is 0 Å². The number of carbonyl (C=O) groups is 6. The molecule has 0 bridgehead atoms. The third kappa shape index (κ3) is 15.6. The van der Waals surface area contributed by atoms with Crippen LogP contribution in [0.25, 0.3) is 0 Å². The summed E-state index contributed by atoms with van der Waals surface area (Å²) in [5, 5.41) is 12.7. The van der Waals surface area contributed by atoms with Crippen molar-refractivity contribution in [2.24, 2.45) is 0 Å². The molecule has 7 rings (SSSR count). The Kier molecular flexibility index (Phi) is 20.9. The van der Waals surface area contributed by atoms with Crippen LogP contribution in [-0.4, -0.2) is 184 Å². The summed E-state index contributed by atoms with van der Waals surface area (Å²) < 4.78 is 23.3. The molecule has 7 amide bonds. The molecular formula is C50H67N9O10S3. The molecule has 4 aliphatic rings. The minimum absolute atomic E-state index is 0.0514. The number of unbranched alkanes of at least 4 members (excludes halogenated alkanes) is 1. The van der Waals surface area contributed by atoms with E-state index in [1.54, 1.807) is 28.1 Å². The van der Waals surface area contributed by atoms with Gasteiger partial charge in [0, 0.05) is 99.1 Å². The molecule has 2 aromatic carbocycles. The van der Waals surface area contributed by atoms with E-state index >= 15 is 0 Å². The maximum atomic E-state index is 13.6. The number of nitrogens with zero attached hydrogens (tertiary/aromatic N) is 5. The number of benzene rings is 2. The molecule has 3 aromatic rings. The zero-order chi connectivity index (χ0) is 50.8. The Labute approximate surface area is 433 Å². The number of methoxy groups -OCH3 is 1. The number of thiazole rings is 1. The minimum Gasteiger partial charge on any atom is -0.496 e. The van der Waals surface area contributed by atoms with Crippen LogP contribution >= 0.6 is 34.9 Å². The van der Waals surface area contributed by atoms with E-state index in [0.717, 1.165) is 51.8 Å². The molecule has 1 aromatic heterocycles. The highest BCUT2D eigenvalue weighted by atomic mass is 32.2. The van der Waals surface area contributed by atoms with Gasteiger partial charge in [-0.3, -0.25) is 29.3 Å². The highest BCUT2D eigenvalue weighted by molar-refractivity contribution is 8.01. The SMILES string of the molecule is C=CC(=O)N1CCN(C(=O)c2cc(Sc3cnc(NC(=O)c4ccc(N5CCN(C(=O)CCOCCOCCOCCCNC(=O)CCCCC6SCC7NC(=O)NC76)CC5)cc4)s3)c(C)cc2OC)CC1. The predicted octanol–water partition coefficient (Wildman–Crippen LogP) is 4.65. The molecule has 3 unspecified atom stereocenters. The molecule has 3 atom stereocenters. The molecule has 72 heavy (non-hydrogen) atoms. The van der Waals surface area contributed by atoms with Crippen LogP contribution in [0, 0.1) is 6.92 Å². The minimum atomic E-state index is -0.281. The van der Waals surface area contributed by atoms with Crippen LogP contribution in [0.3, 0.4) is 0 Å². The number of aromatic nitrogens is 1. The van der Waals surface area contributed by atoms with E-state index in [1.165, 1.54) is 36.3 Å².